The molecule has 1 saturated carbocycles. The van der Waals surface area contributed by atoms with Crippen LogP contribution in [0.2, 0.25) is 0 Å². The van der Waals surface area contributed by atoms with Gasteiger partial charge >= 0.3 is 0 Å². The Morgan fingerprint density at radius 1 is 1.08 bits per heavy atom. The van der Waals surface area contributed by atoms with Crippen molar-refractivity contribution in [3.05, 3.63) is 59.5 Å². The molecule has 36 heavy (non-hydrogen) atoms. The van der Waals surface area contributed by atoms with Crippen LogP contribution < -0.4 is 9.80 Å². The number of aryl methyl sites for hydroxylation is 1. The van der Waals surface area contributed by atoms with Crippen molar-refractivity contribution in [2.45, 2.75) is 26.2 Å². The highest BCUT2D eigenvalue weighted by Gasteiger charge is 2.34. The molecule has 1 aromatic carbocycles. The van der Waals surface area contributed by atoms with E-state index in [1.54, 1.807) is 23.5 Å². The summed E-state index contributed by atoms with van der Waals surface area (Å²) in [5.41, 5.74) is 4.75. The number of halogens is 1. The first-order valence-electron chi connectivity index (χ1n) is 12.5. The number of thiazole rings is 1. The Kier molecular flexibility index (Phi) is 5.87. The summed E-state index contributed by atoms with van der Waals surface area (Å²) in [6.07, 6.45) is 5.06. The molecule has 0 N–H and O–H groups in total. The summed E-state index contributed by atoms with van der Waals surface area (Å²) in [6, 6.07) is 10.6. The van der Waals surface area contributed by atoms with Crippen LogP contribution in [0.3, 0.4) is 0 Å². The van der Waals surface area contributed by atoms with Gasteiger partial charge in [0.15, 0.2) is 5.13 Å². The van der Waals surface area contributed by atoms with Gasteiger partial charge in [-0.05, 0) is 55.7 Å². The summed E-state index contributed by atoms with van der Waals surface area (Å²) in [7, 11) is 2.02. The Morgan fingerprint density at radius 2 is 1.83 bits per heavy atom. The van der Waals surface area contributed by atoms with E-state index in [1.165, 1.54) is 12.1 Å². The van der Waals surface area contributed by atoms with Gasteiger partial charge in [-0.1, -0.05) is 6.92 Å². The summed E-state index contributed by atoms with van der Waals surface area (Å²) in [5, 5.41) is 2.85. The Bertz CT molecular complexity index is 1400. The summed E-state index contributed by atoms with van der Waals surface area (Å²) in [4.78, 5) is 28.6. The first-order valence-corrected chi connectivity index (χ1v) is 13.4. The lowest BCUT2D eigenvalue weighted by Crippen LogP contribution is -2.49. The molecule has 1 amide bonds. The van der Waals surface area contributed by atoms with Crippen LogP contribution in [0.4, 0.5) is 21.0 Å². The third kappa shape index (κ3) is 4.21. The Balaban J connectivity index is 1.27. The number of rotatable bonds is 6. The van der Waals surface area contributed by atoms with Crippen LogP contribution in [0.1, 0.15) is 25.5 Å². The van der Waals surface area contributed by atoms with Gasteiger partial charge in [-0.3, -0.25) is 9.20 Å². The van der Waals surface area contributed by atoms with Crippen molar-refractivity contribution in [1.29, 1.82) is 0 Å². The van der Waals surface area contributed by atoms with Crippen molar-refractivity contribution in [2.24, 2.45) is 5.92 Å². The highest BCUT2D eigenvalue weighted by Crippen LogP contribution is 2.35. The average Bonchev–Trinajstić information content (AvgIpc) is 3.52. The van der Waals surface area contributed by atoms with Crippen molar-refractivity contribution in [3.8, 4) is 11.3 Å². The van der Waals surface area contributed by atoms with Gasteiger partial charge in [-0.15, -0.1) is 11.3 Å². The van der Waals surface area contributed by atoms with E-state index in [-0.39, 0.29) is 11.7 Å². The van der Waals surface area contributed by atoms with E-state index in [0.717, 1.165) is 84.7 Å². The summed E-state index contributed by atoms with van der Waals surface area (Å²) < 4.78 is 15.5. The first-order chi connectivity index (χ1) is 17.5. The zero-order valence-corrected chi connectivity index (χ0v) is 21.3. The fraction of sp³-hybridized carbons (Fsp3) is 0.370. The van der Waals surface area contributed by atoms with Crippen LogP contribution in [-0.4, -0.2) is 58.4 Å². The molecule has 7 nitrogen and oxygen atoms in total. The van der Waals surface area contributed by atoms with Gasteiger partial charge in [0.1, 0.15) is 17.3 Å². The number of pyridine rings is 1. The Hall–Kier alpha value is -3.46. The SMILES string of the molecule is CCc1nc2ccc(N3CCN(C(=O)C4CC4)CC3)cn2c1N(C)c1nc(-c2ccc(F)cc2)cs1. The van der Waals surface area contributed by atoms with Crippen LogP contribution in [0.25, 0.3) is 16.9 Å². The summed E-state index contributed by atoms with van der Waals surface area (Å²) in [6.45, 7) is 5.32. The number of hydrogen-bond acceptors (Lipinski definition) is 6. The second-order valence-electron chi connectivity index (χ2n) is 9.52. The number of carbonyl (C=O) groups is 1. The Morgan fingerprint density at radius 3 is 2.53 bits per heavy atom. The lowest BCUT2D eigenvalue weighted by molar-refractivity contribution is -0.132. The number of fused-ring (bicyclic) bond motifs is 1. The second kappa shape index (κ2) is 9.20. The van der Waals surface area contributed by atoms with Gasteiger partial charge in [0, 0.05) is 56.3 Å². The predicted octanol–water partition coefficient (Wildman–Crippen LogP) is 4.99. The third-order valence-electron chi connectivity index (χ3n) is 7.10. The number of nitrogens with zero attached hydrogens (tertiary/aromatic N) is 6. The largest absolute Gasteiger partial charge is 0.367 e. The molecule has 3 aromatic heterocycles. The van der Waals surface area contributed by atoms with Crippen LogP contribution in [0, 0.1) is 11.7 Å². The number of aromatic nitrogens is 3. The molecular weight excluding hydrogens is 475 g/mol. The number of anilines is 3. The van der Waals surface area contributed by atoms with Gasteiger partial charge in [0.25, 0.3) is 0 Å². The van der Waals surface area contributed by atoms with E-state index in [4.69, 9.17) is 9.97 Å². The summed E-state index contributed by atoms with van der Waals surface area (Å²) >= 11 is 1.56. The number of imidazole rings is 1. The third-order valence-corrected chi connectivity index (χ3v) is 8.02. The van der Waals surface area contributed by atoms with Gasteiger partial charge in [0.05, 0.1) is 17.1 Å². The minimum atomic E-state index is -0.253. The van der Waals surface area contributed by atoms with E-state index in [0.29, 0.717) is 5.91 Å². The number of piperazine rings is 1. The number of amides is 1. The molecule has 1 aliphatic heterocycles. The van der Waals surface area contributed by atoms with Crippen LogP contribution in [-0.2, 0) is 11.2 Å². The maximum atomic E-state index is 13.4. The van der Waals surface area contributed by atoms with Gasteiger partial charge in [-0.2, -0.15) is 0 Å². The molecule has 186 valence electrons. The molecule has 0 unspecified atom stereocenters. The minimum Gasteiger partial charge on any atom is -0.367 e. The molecule has 0 bridgehead atoms. The molecule has 9 heteroatoms. The van der Waals surface area contributed by atoms with Crippen molar-refractivity contribution in [2.75, 3.05) is 43.0 Å². The van der Waals surface area contributed by atoms with Crippen molar-refractivity contribution in [1.82, 2.24) is 19.3 Å². The van der Waals surface area contributed by atoms with Crippen LogP contribution in [0.15, 0.2) is 48.0 Å². The fourth-order valence-electron chi connectivity index (χ4n) is 4.88. The van der Waals surface area contributed by atoms with Crippen molar-refractivity contribution < 1.29 is 9.18 Å². The quantitative estimate of drug-likeness (QED) is 0.371. The van der Waals surface area contributed by atoms with E-state index < -0.39 is 0 Å². The summed E-state index contributed by atoms with van der Waals surface area (Å²) in [5.74, 6) is 1.35. The maximum absolute atomic E-state index is 13.4. The van der Waals surface area contributed by atoms with Gasteiger partial charge in [-0.25, -0.2) is 14.4 Å². The van der Waals surface area contributed by atoms with E-state index >= 15 is 0 Å². The zero-order valence-electron chi connectivity index (χ0n) is 20.5. The number of hydrogen-bond donors (Lipinski definition) is 0. The smallest absolute Gasteiger partial charge is 0.225 e. The number of carbonyl (C=O) groups excluding carboxylic acids is 1. The number of benzene rings is 1. The topological polar surface area (TPSA) is 57.0 Å². The zero-order chi connectivity index (χ0) is 24.8. The lowest BCUT2D eigenvalue weighted by atomic mass is 10.2. The van der Waals surface area contributed by atoms with E-state index in [2.05, 4.69) is 39.5 Å². The normalized spacial score (nSPS) is 16.1. The monoisotopic (exact) mass is 504 g/mol. The molecule has 0 atom stereocenters. The second-order valence-corrected chi connectivity index (χ2v) is 10.4. The van der Waals surface area contributed by atoms with Crippen LogP contribution >= 0.6 is 11.3 Å². The van der Waals surface area contributed by atoms with E-state index in [9.17, 15) is 9.18 Å². The van der Waals surface area contributed by atoms with Crippen LogP contribution in [0.5, 0.6) is 0 Å². The molecule has 4 aromatic rings. The first kappa shape index (κ1) is 23.0. The molecule has 1 saturated heterocycles. The molecule has 2 fully saturated rings. The van der Waals surface area contributed by atoms with Gasteiger partial charge in [0.2, 0.25) is 5.91 Å². The standard InChI is InChI=1S/C27H29FN6OS/c1-3-22-25(31(2)27-30-23(17-36-27)18-6-8-20(28)9-7-18)34-16-21(10-11-24(34)29-22)32-12-14-33(15-13-32)26(35)19-4-5-19/h6-11,16-17,19H,3-5,12-15H2,1-2H3. The maximum Gasteiger partial charge on any atom is 0.225 e. The van der Waals surface area contributed by atoms with E-state index in [1.807, 2.05) is 17.3 Å². The molecule has 2 aliphatic rings. The van der Waals surface area contributed by atoms with Gasteiger partial charge < -0.3 is 14.7 Å². The highest BCUT2D eigenvalue weighted by atomic mass is 32.1. The predicted molar refractivity (Wildman–Crippen MR) is 142 cm³/mol. The molecule has 0 radical (unpaired) electrons. The van der Waals surface area contributed by atoms with Crippen molar-refractivity contribution >= 4 is 39.5 Å². The fourth-order valence-corrected chi connectivity index (χ4v) is 5.69. The van der Waals surface area contributed by atoms with Crippen molar-refractivity contribution in [3.63, 3.8) is 0 Å². The molecule has 0 spiro atoms. The average molecular weight is 505 g/mol. The minimum absolute atomic E-state index is 0.253. The molecular formula is C27H29FN6OS. The Labute approximate surface area is 213 Å². The molecule has 6 rings (SSSR count). The highest BCUT2D eigenvalue weighted by molar-refractivity contribution is 7.14. The molecule has 4 heterocycles. The molecule has 1 aliphatic carbocycles. The lowest BCUT2D eigenvalue weighted by Gasteiger charge is -2.36.